The first-order valence-corrected chi connectivity index (χ1v) is 9.17. The Kier molecular flexibility index (Phi) is 2.94. The van der Waals surface area contributed by atoms with Crippen LogP contribution in [-0.2, 0) is 10.8 Å². The normalized spacial score (nSPS) is 22.0. The van der Waals surface area contributed by atoms with Crippen molar-refractivity contribution < 1.29 is 0 Å². The minimum Gasteiger partial charge on any atom is -0.355 e. The molecule has 2 heteroatoms. The van der Waals surface area contributed by atoms with Crippen LogP contribution in [0.2, 0.25) is 5.02 Å². The van der Waals surface area contributed by atoms with Gasteiger partial charge in [-0.3, -0.25) is 0 Å². The van der Waals surface area contributed by atoms with Gasteiger partial charge in [0.05, 0.1) is 5.41 Å². The van der Waals surface area contributed by atoms with E-state index in [1.54, 1.807) is 0 Å². The zero-order chi connectivity index (χ0) is 17.2. The SMILES string of the molecule is CC1(C)CC2(c3ccccc3Nc3ccc(Cl)cc32)c2ccccc21. The minimum absolute atomic E-state index is 0.112. The molecule has 124 valence electrons. The molecule has 1 N–H and O–H groups in total. The lowest BCUT2D eigenvalue weighted by molar-refractivity contribution is 0.444. The van der Waals surface area contributed by atoms with Crippen molar-refractivity contribution in [2.24, 2.45) is 0 Å². The summed E-state index contributed by atoms with van der Waals surface area (Å²) in [4.78, 5) is 0. The number of nitrogens with one attached hydrogen (secondary N) is 1. The van der Waals surface area contributed by atoms with Gasteiger partial charge in [-0.05, 0) is 58.4 Å². The molecule has 1 spiro atoms. The smallest absolute Gasteiger partial charge is 0.0504 e. The fourth-order valence-corrected chi connectivity index (χ4v) is 5.18. The lowest BCUT2D eigenvalue weighted by Gasteiger charge is -2.40. The molecule has 3 aromatic carbocycles. The van der Waals surface area contributed by atoms with Crippen LogP contribution in [-0.4, -0.2) is 0 Å². The van der Waals surface area contributed by atoms with Crippen molar-refractivity contribution in [1.29, 1.82) is 0 Å². The van der Waals surface area contributed by atoms with Crippen LogP contribution in [0.3, 0.4) is 0 Å². The van der Waals surface area contributed by atoms with Gasteiger partial charge < -0.3 is 5.32 Å². The van der Waals surface area contributed by atoms with Crippen LogP contribution in [0.15, 0.2) is 66.7 Å². The largest absolute Gasteiger partial charge is 0.355 e. The summed E-state index contributed by atoms with van der Waals surface area (Å²) < 4.78 is 0. The quantitative estimate of drug-likeness (QED) is 0.496. The van der Waals surface area contributed by atoms with E-state index in [0.29, 0.717) is 0 Å². The third kappa shape index (κ3) is 1.90. The van der Waals surface area contributed by atoms with Crippen molar-refractivity contribution in [1.82, 2.24) is 0 Å². The second-order valence-corrected chi connectivity index (χ2v) is 8.31. The summed E-state index contributed by atoms with van der Waals surface area (Å²) in [5.41, 5.74) is 7.82. The fraction of sp³-hybridized carbons (Fsp3) is 0.217. The minimum atomic E-state index is -0.151. The van der Waals surface area contributed by atoms with E-state index in [1.165, 1.54) is 27.9 Å². The summed E-state index contributed by atoms with van der Waals surface area (Å²) >= 11 is 6.44. The lowest BCUT2D eigenvalue weighted by atomic mass is 9.66. The second kappa shape index (κ2) is 4.89. The van der Waals surface area contributed by atoms with E-state index in [-0.39, 0.29) is 10.8 Å². The molecule has 0 amide bonds. The maximum Gasteiger partial charge on any atom is 0.0504 e. The molecule has 1 aliphatic heterocycles. The van der Waals surface area contributed by atoms with Crippen LogP contribution in [0.4, 0.5) is 11.4 Å². The van der Waals surface area contributed by atoms with Crippen molar-refractivity contribution in [3.05, 3.63) is 94.0 Å². The molecule has 0 radical (unpaired) electrons. The monoisotopic (exact) mass is 345 g/mol. The van der Waals surface area contributed by atoms with Gasteiger partial charge in [-0.25, -0.2) is 0 Å². The van der Waals surface area contributed by atoms with E-state index in [0.717, 1.165) is 17.1 Å². The Labute approximate surface area is 153 Å². The number of anilines is 2. The van der Waals surface area contributed by atoms with E-state index in [1.807, 2.05) is 6.07 Å². The molecule has 3 aromatic rings. The first-order chi connectivity index (χ1) is 12.0. The van der Waals surface area contributed by atoms with Crippen LogP contribution >= 0.6 is 11.6 Å². The fourth-order valence-electron chi connectivity index (χ4n) is 5.01. The van der Waals surface area contributed by atoms with Crippen molar-refractivity contribution in [2.45, 2.75) is 31.1 Å². The lowest BCUT2D eigenvalue weighted by Crippen LogP contribution is -2.33. The highest BCUT2D eigenvalue weighted by Crippen LogP contribution is 2.60. The summed E-state index contributed by atoms with van der Waals surface area (Å²) in [5, 5.41) is 4.41. The Balaban J connectivity index is 1.93. The van der Waals surface area contributed by atoms with Crippen LogP contribution < -0.4 is 5.32 Å². The summed E-state index contributed by atoms with van der Waals surface area (Å²) in [6.07, 6.45) is 1.05. The van der Waals surface area contributed by atoms with Gasteiger partial charge in [0.2, 0.25) is 0 Å². The maximum atomic E-state index is 6.44. The Morgan fingerprint density at radius 2 is 1.40 bits per heavy atom. The van der Waals surface area contributed by atoms with Gasteiger partial charge in [0, 0.05) is 16.4 Å². The number of fused-ring (bicyclic) bond motifs is 6. The highest BCUT2D eigenvalue weighted by molar-refractivity contribution is 6.30. The third-order valence-corrected chi connectivity index (χ3v) is 6.16. The summed E-state index contributed by atoms with van der Waals surface area (Å²) in [7, 11) is 0. The molecule has 0 saturated heterocycles. The number of rotatable bonds is 0. The number of halogens is 1. The van der Waals surface area contributed by atoms with Gasteiger partial charge in [-0.2, -0.15) is 0 Å². The Bertz CT molecular complexity index is 1000. The highest BCUT2D eigenvalue weighted by Gasteiger charge is 2.52. The molecule has 0 saturated carbocycles. The average Bonchev–Trinajstić information content (AvgIpc) is 2.85. The molecule has 0 bridgehead atoms. The predicted octanol–water partition coefficient (Wildman–Crippen LogP) is 6.41. The molecule has 25 heavy (non-hydrogen) atoms. The molecule has 5 rings (SSSR count). The van der Waals surface area contributed by atoms with Crippen LogP contribution in [0.5, 0.6) is 0 Å². The van der Waals surface area contributed by atoms with Gasteiger partial charge in [0.25, 0.3) is 0 Å². The Morgan fingerprint density at radius 1 is 0.760 bits per heavy atom. The second-order valence-electron chi connectivity index (χ2n) is 7.87. The molecular weight excluding hydrogens is 326 g/mol. The van der Waals surface area contributed by atoms with Crippen molar-refractivity contribution in [2.75, 3.05) is 5.32 Å². The van der Waals surface area contributed by atoms with Crippen molar-refractivity contribution in [3.8, 4) is 0 Å². The van der Waals surface area contributed by atoms with Crippen LogP contribution in [0.1, 0.15) is 42.5 Å². The van der Waals surface area contributed by atoms with E-state index in [9.17, 15) is 0 Å². The van der Waals surface area contributed by atoms with Crippen LogP contribution in [0.25, 0.3) is 0 Å². The first-order valence-electron chi connectivity index (χ1n) is 8.79. The third-order valence-electron chi connectivity index (χ3n) is 5.92. The van der Waals surface area contributed by atoms with Crippen molar-refractivity contribution >= 4 is 23.0 Å². The molecule has 1 aliphatic carbocycles. The molecule has 0 aromatic heterocycles. The van der Waals surface area contributed by atoms with Gasteiger partial charge in [-0.15, -0.1) is 0 Å². The molecular formula is C23H20ClN. The molecule has 0 fully saturated rings. The van der Waals surface area contributed by atoms with Crippen molar-refractivity contribution in [3.63, 3.8) is 0 Å². The summed E-state index contributed by atoms with van der Waals surface area (Å²) in [5.74, 6) is 0. The van der Waals surface area contributed by atoms with E-state index < -0.39 is 0 Å². The number of benzene rings is 3. The Morgan fingerprint density at radius 3 is 2.20 bits per heavy atom. The van der Waals surface area contributed by atoms with E-state index in [2.05, 4.69) is 79.8 Å². The maximum absolute atomic E-state index is 6.44. The highest BCUT2D eigenvalue weighted by atomic mass is 35.5. The van der Waals surface area contributed by atoms with E-state index in [4.69, 9.17) is 11.6 Å². The molecule has 2 aliphatic rings. The molecule has 1 nitrogen and oxygen atoms in total. The summed E-state index contributed by atoms with van der Waals surface area (Å²) in [6, 6.07) is 23.9. The van der Waals surface area contributed by atoms with Gasteiger partial charge >= 0.3 is 0 Å². The zero-order valence-corrected chi connectivity index (χ0v) is 15.2. The van der Waals surface area contributed by atoms with Gasteiger partial charge in [-0.1, -0.05) is 67.9 Å². The van der Waals surface area contributed by atoms with Crippen LogP contribution in [0, 0.1) is 0 Å². The van der Waals surface area contributed by atoms with Gasteiger partial charge in [0.15, 0.2) is 0 Å². The predicted molar refractivity (Wildman–Crippen MR) is 105 cm³/mol. The zero-order valence-electron chi connectivity index (χ0n) is 14.4. The number of para-hydroxylation sites is 1. The Hall–Kier alpha value is -2.25. The summed E-state index contributed by atoms with van der Waals surface area (Å²) in [6.45, 7) is 4.71. The first kappa shape index (κ1) is 15.0. The standard InChI is InChI=1S/C23H20ClN/c1-22(2)14-23(17-8-4-3-7-16(17)22)18-9-5-6-10-20(18)25-21-12-11-15(24)13-19(21)23/h3-13,25H,14H2,1-2H3. The number of hydrogen-bond acceptors (Lipinski definition) is 1. The number of hydrogen-bond donors (Lipinski definition) is 1. The topological polar surface area (TPSA) is 12.0 Å². The van der Waals surface area contributed by atoms with Gasteiger partial charge in [0.1, 0.15) is 0 Å². The van der Waals surface area contributed by atoms with E-state index >= 15 is 0 Å². The molecule has 1 unspecified atom stereocenters. The molecule has 1 atom stereocenters. The average molecular weight is 346 g/mol. The molecule has 1 heterocycles.